The number of aliphatic imine (C=N–C) groups is 1. The van der Waals surface area contributed by atoms with Crippen LogP contribution in [-0.4, -0.2) is 37.3 Å². The summed E-state index contributed by atoms with van der Waals surface area (Å²) in [6, 6.07) is 16.4. The highest BCUT2D eigenvalue weighted by molar-refractivity contribution is 8.19. The zero-order valence-corrected chi connectivity index (χ0v) is 15.5. The zero-order valence-electron chi connectivity index (χ0n) is 14.6. The summed E-state index contributed by atoms with van der Waals surface area (Å²) in [6.45, 7) is 5.43. The van der Waals surface area contributed by atoms with Gasteiger partial charge >= 0.3 is 0 Å². The number of amides is 1. The topological polar surface area (TPSA) is 41.9 Å². The monoisotopic (exact) mass is 364 g/mol. The van der Waals surface area contributed by atoms with Crippen molar-refractivity contribution < 1.29 is 9.53 Å². The minimum Gasteiger partial charge on any atom is -0.378 e. The van der Waals surface area contributed by atoms with Crippen molar-refractivity contribution in [3.05, 3.63) is 70.1 Å². The van der Waals surface area contributed by atoms with E-state index in [0.717, 1.165) is 42.5 Å². The van der Waals surface area contributed by atoms with Crippen LogP contribution in [0, 0.1) is 6.92 Å². The molecule has 1 fully saturated rings. The number of nitrogens with zero attached hydrogens (tertiary/aromatic N) is 2. The second-order valence-corrected chi connectivity index (χ2v) is 7.42. The second kappa shape index (κ2) is 7.48. The van der Waals surface area contributed by atoms with Crippen molar-refractivity contribution in [2.75, 3.05) is 31.2 Å². The van der Waals surface area contributed by atoms with Crippen molar-refractivity contribution in [2.45, 2.75) is 6.92 Å². The third-order valence-electron chi connectivity index (χ3n) is 4.49. The predicted molar refractivity (Wildman–Crippen MR) is 108 cm³/mol. The van der Waals surface area contributed by atoms with E-state index in [9.17, 15) is 4.79 Å². The fourth-order valence-electron chi connectivity index (χ4n) is 2.98. The molecule has 0 radical (unpaired) electrons. The minimum atomic E-state index is -0.164. The van der Waals surface area contributed by atoms with Crippen LogP contribution in [0.4, 0.5) is 5.69 Å². The Morgan fingerprint density at radius 1 is 1.04 bits per heavy atom. The molecular weight excluding hydrogens is 344 g/mol. The Hall–Kier alpha value is -2.37. The van der Waals surface area contributed by atoms with Gasteiger partial charge in [-0.25, -0.2) is 4.99 Å². The fraction of sp³-hybridized carbons (Fsp3) is 0.238. The van der Waals surface area contributed by atoms with Crippen LogP contribution in [0.1, 0.15) is 16.7 Å². The molecule has 132 valence electrons. The van der Waals surface area contributed by atoms with E-state index in [0.29, 0.717) is 4.91 Å². The lowest BCUT2D eigenvalue weighted by Crippen LogP contribution is -2.36. The summed E-state index contributed by atoms with van der Waals surface area (Å²) < 4.78 is 5.39. The number of aryl methyl sites for hydroxylation is 1. The molecule has 0 N–H and O–H groups in total. The SMILES string of the molecule is Cc1ccc(C2=NC(=O)/C(=C/c3ccc(N4CCOCC4)cc3)S2)cc1. The Morgan fingerprint density at radius 2 is 1.73 bits per heavy atom. The van der Waals surface area contributed by atoms with Gasteiger partial charge in [-0.1, -0.05) is 53.7 Å². The first kappa shape index (κ1) is 17.1. The molecule has 4 nitrogen and oxygen atoms in total. The molecule has 1 saturated heterocycles. The summed E-state index contributed by atoms with van der Waals surface area (Å²) >= 11 is 1.44. The van der Waals surface area contributed by atoms with Gasteiger partial charge < -0.3 is 9.64 Å². The van der Waals surface area contributed by atoms with Gasteiger partial charge in [-0.3, -0.25) is 4.79 Å². The number of benzene rings is 2. The van der Waals surface area contributed by atoms with Crippen molar-refractivity contribution in [3.63, 3.8) is 0 Å². The van der Waals surface area contributed by atoms with Gasteiger partial charge in [0.1, 0.15) is 5.04 Å². The summed E-state index contributed by atoms with van der Waals surface area (Å²) in [5.41, 5.74) is 4.38. The standard InChI is InChI=1S/C21H20N2O2S/c1-15-2-6-17(7-3-15)21-22-20(24)19(26-21)14-16-4-8-18(9-5-16)23-10-12-25-13-11-23/h2-9,14H,10-13H2,1H3/b19-14-. The molecule has 2 heterocycles. The van der Waals surface area contributed by atoms with E-state index >= 15 is 0 Å². The van der Waals surface area contributed by atoms with E-state index in [-0.39, 0.29) is 5.91 Å². The van der Waals surface area contributed by atoms with E-state index < -0.39 is 0 Å². The molecule has 0 saturated carbocycles. The number of thioether (sulfide) groups is 1. The van der Waals surface area contributed by atoms with E-state index in [1.165, 1.54) is 23.0 Å². The average molecular weight is 364 g/mol. The van der Waals surface area contributed by atoms with Crippen molar-refractivity contribution in [3.8, 4) is 0 Å². The normalized spacial score (nSPS) is 19.1. The van der Waals surface area contributed by atoms with Gasteiger partial charge in [0.15, 0.2) is 0 Å². The lowest BCUT2D eigenvalue weighted by molar-refractivity contribution is -0.113. The van der Waals surface area contributed by atoms with Crippen molar-refractivity contribution in [2.24, 2.45) is 4.99 Å². The van der Waals surface area contributed by atoms with E-state index in [1.54, 1.807) is 0 Å². The highest BCUT2D eigenvalue weighted by atomic mass is 32.2. The highest BCUT2D eigenvalue weighted by Gasteiger charge is 2.22. The van der Waals surface area contributed by atoms with Crippen LogP contribution in [0.3, 0.4) is 0 Å². The maximum atomic E-state index is 12.2. The van der Waals surface area contributed by atoms with Gasteiger partial charge in [0.2, 0.25) is 0 Å². The van der Waals surface area contributed by atoms with Gasteiger partial charge in [0.25, 0.3) is 5.91 Å². The molecular formula is C21H20N2O2S. The van der Waals surface area contributed by atoms with E-state index in [2.05, 4.69) is 34.2 Å². The number of morpholine rings is 1. The van der Waals surface area contributed by atoms with Crippen LogP contribution >= 0.6 is 11.8 Å². The Kier molecular flexibility index (Phi) is 4.91. The third kappa shape index (κ3) is 3.74. The quantitative estimate of drug-likeness (QED) is 0.775. The van der Waals surface area contributed by atoms with Crippen molar-refractivity contribution >= 4 is 34.5 Å². The molecule has 2 aromatic rings. The molecule has 2 aliphatic rings. The molecule has 2 aromatic carbocycles. The zero-order chi connectivity index (χ0) is 17.9. The average Bonchev–Trinajstić information content (AvgIpc) is 3.04. The van der Waals surface area contributed by atoms with Crippen molar-refractivity contribution in [1.82, 2.24) is 0 Å². The molecule has 4 rings (SSSR count). The number of anilines is 1. The van der Waals surface area contributed by atoms with Gasteiger partial charge in [-0.2, -0.15) is 0 Å². The predicted octanol–water partition coefficient (Wildman–Crippen LogP) is 3.89. The van der Waals surface area contributed by atoms with Crippen LogP contribution in [0.2, 0.25) is 0 Å². The van der Waals surface area contributed by atoms with E-state index in [4.69, 9.17) is 4.74 Å². The van der Waals surface area contributed by atoms with Crippen LogP contribution in [0.25, 0.3) is 6.08 Å². The molecule has 5 heteroatoms. The van der Waals surface area contributed by atoms with Gasteiger partial charge in [-0.05, 0) is 30.7 Å². The molecule has 26 heavy (non-hydrogen) atoms. The van der Waals surface area contributed by atoms with Crippen LogP contribution in [0.5, 0.6) is 0 Å². The highest BCUT2D eigenvalue weighted by Crippen LogP contribution is 2.32. The first-order chi connectivity index (χ1) is 12.7. The lowest BCUT2D eigenvalue weighted by Gasteiger charge is -2.28. The third-order valence-corrected chi connectivity index (χ3v) is 5.52. The Labute approximate surface area is 157 Å². The number of rotatable bonds is 3. The number of ether oxygens (including phenoxy) is 1. The molecule has 2 aliphatic heterocycles. The maximum Gasteiger partial charge on any atom is 0.284 e. The van der Waals surface area contributed by atoms with Gasteiger partial charge in [0.05, 0.1) is 18.1 Å². The van der Waals surface area contributed by atoms with Gasteiger partial charge in [0, 0.05) is 24.3 Å². The Morgan fingerprint density at radius 3 is 2.42 bits per heavy atom. The summed E-state index contributed by atoms with van der Waals surface area (Å²) in [4.78, 5) is 19.4. The maximum absolute atomic E-state index is 12.2. The van der Waals surface area contributed by atoms with Crippen LogP contribution in [-0.2, 0) is 9.53 Å². The number of carbonyl (C=O) groups is 1. The largest absolute Gasteiger partial charge is 0.378 e. The van der Waals surface area contributed by atoms with Crippen LogP contribution < -0.4 is 4.90 Å². The van der Waals surface area contributed by atoms with E-state index in [1.807, 2.05) is 37.3 Å². The lowest BCUT2D eigenvalue weighted by atomic mass is 10.1. The first-order valence-electron chi connectivity index (χ1n) is 8.71. The molecule has 0 unspecified atom stereocenters. The number of carbonyl (C=O) groups excluding carboxylic acids is 1. The summed E-state index contributed by atoms with van der Waals surface area (Å²) in [6.07, 6.45) is 1.92. The summed E-state index contributed by atoms with van der Waals surface area (Å²) in [5, 5.41) is 0.770. The molecule has 0 aliphatic carbocycles. The number of hydrogen-bond donors (Lipinski definition) is 0. The summed E-state index contributed by atoms with van der Waals surface area (Å²) in [5.74, 6) is -0.164. The number of hydrogen-bond acceptors (Lipinski definition) is 4. The molecule has 0 aromatic heterocycles. The Balaban J connectivity index is 1.48. The van der Waals surface area contributed by atoms with Gasteiger partial charge in [-0.15, -0.1) is 0 Å². The molecule has 0 spiro atoms. The fourth-order valence-corrected chi connectivity index (χ4v) is 3.90. The molecule has 0 bridgehead atoms. The van der Waals surface area contributed by atoms with Crippen molar-refractivity contribution in [1.29, 1.82) is 0 Å². The smallest absolute Gasteiger partial charge is 0.284 e. The summed E-state index contributed by atoms with van der Waals surface area (Å²) in [7, 11) is 0. The Bertz CT molecular complexity index is 864. The minimum absolute atomic E-state index is 0.164. The molecule has 1 amide bonds. The molecule has 0 atom stereocenters. The van der Waals surface area contributed by atoms with Crippen LogP contribution in [0.15, 0.2) is 58.4 Å². The first-order valence-corrected chi connectivity index (χ1v) is 9.53. The second-order valence-electron chi connectivity index (χ2n) is 6.39.